The van der Waals surface area contributed by atoms with Gasteiger partial charge in [0.25, 0.3) is 11.8 Å². The van der Waals surface area contributed by atoms with E-state index in [1.54, 1.807) is 30.3 Å². The van der Waals surface area contributed by atoms with E-state index in [-0.39, 0.29) is 23.7 Å². The molecule has 17 heteroatoms. The number of amides is 2. The first kappa shape index (κ1) is 40.5. The lowest BCUT2D eigenvalue weighted by Gasteiger charge is -2.32. The van der Waals surface area contributed by atoms with E-state index in [0.29, 0.717) is 18.1 Å². The normalized spacial score (nSPS) is 20.3. The smallest absolute Gasteiger partial charge is 0.426 e. The van der Waals surface area contributed by atoms with Crippen LogP contribution in [0.2, 0.25) is 0 Å². The van der Waals surface area contributed by atoms with Gasteiger partial charge in [-0.3, -0.25) is 0 Å². The number of allylic oxidation sites excluding steroid dienone is 1. The monoisotopic (exact) mass is 768 g/mol. The number of carbonyl (C=O) groups is 2. The van der Waals surface area contributed by atoms with Crippen molar-refractivity contribution >= 4 is 17.9 Å². The molecule has 4 bridgehead atoms. The quantitative estimate of drug-likeness (QED) is 0.177. The predicted octanol–water partition coefficient (Wildman–Crippen LogP) is 10.1. The number of hydrogen-bond donors (Lipinski definition) is 0. The van der Waals surface area contributed by atoms with Crippen LogP contribution in [0.15, 0.2) is 53.0 Å². The number of aromatic nitrogens is 3. The Kier molecular flexibility index (Phi) is 11.4. The molecule has 2 atom stereocenters. The maximum Gasteiger partial charge on any atom is 0.426 e. The van der Waals surface area contributed by atoms with Gasteiger partial charge in [-0.05, 0) is 78.4 Å². The molecule has 0 radical (unpaired) electrons. The molecule has 2 aliphatic rings. The fourth-order valence-corrected chi connectivity index (χ4v) is 5.57. The molecule has 0 spiro atoms. The van der Waals surface area contributed by atoms with Crippen LogP contribution in [-0.2, 0) is 32.6 Å². The fraction of sp³-hybridized carbons (Fsp3) is 0.541. The molecule has 11 nitrogen and oxygen atoms in total. The number of alkyl halides is 6. The number of halogens is 6. The highest BCUT2D eigenvalue weighted by Gasteiger charge is 2.61. The summed E-state index contributed by atoms with van der Waals surface area (Å²) in [7, 11) is 0. The first-order chi connectivity index (χ1) is 25.1. The highest BCUT2D eigenvalue weighted by molar-refractivity contribution is 6.11. The first-order valence-electron chi connectivity index (χ1n) is 17.4. The van der Waals surface area contributed by atoms with Gasteiger partial charge in [-0.2, -0.15) is 31.2 Å². The summed E-state index contributed by atoms with van der Waals surface area (Å²) in [5.74, 6) is -2.78. The van der Waals surface area contributed by atoms with Gasteiger partial charge in [0.15, 0.2) is 5.69 Å². The average Bonchev–Trinajstić information content (AvgIpc) is 3.71. The molecule has 1 aliphatic heterocycles. The van der Waals surface area contributed by atoms with E-state index in [1.807, 2.05) is 0 Å². The lowest BCUT2D eigenvalue weighted by molar-refractivity contribution is -0.299. The number of ether oxygens (including phenoxy) is 4. The standard InChI is InChI=1S/C37H42F6N4O7/c1-33(2,3)53-31(48)47(32(49)54-34(4,5)6)26-20-25(36(38,39)40)28-44-27(26)29-45-46-30(52-29)35(37(41,42)43,50-21-23-13-9-7-10-14-23)18-12-8-11-15-24(51-28)19-22-16-17-22/h7-11,13-14,20,22,24H,12,15-19,21H2,1-6H3/b11-8-/t24?,35-/m1/s1. The lowest BCUT2D eigenvalue weighted by atomic mass is 9.95. The zero-order valence-electron chi connectivity index (χ0n) is 30.6. The van der Waals surface area contributed by atoms with Crippen molar-refractivity contribution in [2.75, 3.05) is 4.90 Å². The van der Waals surface area contributed by atoms with Gasteiger partial charge in [0, 0.05) is 6.42 Å². The number of anilines is 1. The first-order valence-corrected chi connectivity index (χ1v) is 17.4. The summed E-state index contributed by atoms with van der Waals surface area (Å²) < 4.78 is 119. The van der Waals surface area contributed by atoms with Crippen LogP contribution in [-0.4, -0.2) is 50.9 Å². The van der Waals surface area contributed by atoms with E-state index in [1.165, 1.54) is 53.7 Å². The Labute approximate surface area is 308 Å². The molecule has 3 aromatic rings. The van der Waals surface area contributed by atoms with Gasteiger partial charge in [0.1, 0.15) is 22.9 Å². The van der Waals surface area contributed by atoms with Crippen molar-refractivity contribution in [3.05, 3.63) is 65.6 Å². The van der Waals surface area contributed by atoms with Crippen molar-refractivity contribution in [3.8, 4) is 17.5 Å². The molecular formula is C37H42F6N4O7. The largest absolute Gasteiger partial charge is 0.474 e. The van der Waals surface area contributed by atoms with Crippen molar-refractivity contribution < 1.29 is 59.3 Å². The Bertz CT molecular complexity index is 1800. The van der Waals surface area contributed by atoms with Crippen LogP contribution >= 0.6 is 0 Å². The van der Waals surface area contributed by atoms with Gasteiger partial charge in [-0.15, -0.1) is 10.2 Å². The van der Waals surface area contributed by atoms with Crippen LogP contribution in [0, 0.1) is 5.92 Å². The maximum atomic E-state index is 15.3. The van der Waals surface area contributed by atoms with Gasteiger partial charge in [-0.25, -0.2) is 14.6 Å². The molecule has 294 valence electrons. The second-order valence-corrected chi connectivity index (χ2v) is 15.2. The second-order valence-electron chi connectivity index (χ2n) is 15.2. The number of hydrogen-bond acceptors (Lipinski definition) is 10. The second kappa shape index (κ2) is 15.2. The van der Waals surface area contributed by atoms with Crippen molar-refractivity contribution in [2.24, 2.45) is 5.92 Å². The molecule has 1 aromatic carbocycles. The van der Waals surface area contributed by atoms with Crippen LogP contribution in [0.1, 0.15) is 97.1 Å². The van der Waals surface area contributed by atoms with E-state index < -0.39 is 95.1 Å². The summed E-state index contributed by atoms with van der Waals surface area (Å²) in [6.07, 6.45) is -10.1. The predicted molar refractivity (Wildman–Crippen MR) is 181 cm³/mol. The summed E-state index contributed by atoms with van der Waals surface area (Å²) in [5, 5.41) is 7.48. The molecule has 0 N–H and O–H groups in total. The highest BCUT2D eigenvalue weighted by atomic mass is 19.4. The topological polar surface area (TPSA) is 126 Å². The van der Waals surface area contributed by atoms with Crippen molar-refractivity contribution in [1.82, 2.24) is 15.2 Å². The van der Waals surface area contributed by atoms with Crippen molar-refractivity contribution in [2.45, 2.75) is 122 Å². The minimum absolute atomic E-state index is 0.0385. The summed E-state index contributed by atoms with van der Waals surface area (Å²) in [5.41, 5.74) is -8.58. The molecule has 1 fully saturated rings. The number of benzene rings is 1. The molecule has 54 heavy (non-hydrogen) atoms. The molecule has 3 heterocycles. The van der Waals surface area contributed by atoms with Crippen LogP contribution < -0.4 is 9.64 Å². The van der Waals surface area contributed by atoms with Crippen LogP contribution in [0.3, 0.4) is 0 Å². The number of imide groups is 1. The minimum Gasteiger partial charge on any atom is -0.474 e. The fourth-order valence-electron chi connectivity index (χ4n) is 5.57. The number of rotatable bonds is 6. The molecule has 2 aromatic heterocycles. The Morgan fingerprint density at radius 2 is 1.54 bits per heavy atom. The number of fused-ring (bicyclic) bond motifs is 5. The zero-order chi connectivity index (χ0) is 39.7. The molecule has 1 aliphatic carbocycles. The van der Waals surface area contributed by atoms with Crippen molar-refractivity contribution in [1.29, 1.82) is 0 Å². The zero-order valence-corrected chi connectivity index (χ0v) is 30.6. The molecule has 2 amide bonds. The summed E-state index contributed by atoms with van der Waals surface area (Å²) >= 11 is 0. The van der Waals surface area contributed by atoms with Crippen LogP contribution in [0.5, 0.6) is 5.88 Å². The average molecular weight is 769 g/mol. The molecular weight excluding hydrogens is 726 g/mol. The number of pyridine rings is 1. The van der Waals surface area contributed by atoms with Gasteiger partial charge < -0.3 is 23.4 Å². The maximum absolute atomic E-state index is 15.3. The van der Waals surface area contributed by atoms with E-state index >= 15 is 13.2 Å². The Balaban J connectivity index is 1.78. The molecule has 1 unspecified atom stereocenters. The molecule has 5 rings (SSSR count). The van der Waals surface area contributed by atoms with E-state index in [0.717, 1.165) is 12.8 Å². The molecule has 1 saturated carbocycles. The Hall–Kier alpha value is -4.67. The number of nitrogens with zero attached hydrogens (tertiary/aromatic N) is 4. The van der Waals surface area contributed by atoms with E-state index in [9.17, 15) is 22.8 Å². The van der Waals surface area contributed by atoms with Gasteiger partial charge in [0.2, 0.25) is 11.5 Å². The SMILES string of the molecule is CC(C)(C)OC(=O)N(C(=O)OC(C)(C)C)c1cc(C(F)(F)F)c2nc1-c1nnc(o1)[C@@](OCc1ccccc1)(C(F)(F)F)CC/C=C\CC(CC1CC1)O2. The van der Waals surface area contributed by atoms with E-state index in [2.05, 4.69) is 15.2 Å². The summed E-state index contributed by atoms with van der Waals surface area (Å²) in [6.45, 7) is 8.16. The Morgan fingerprint density at radius 1 is 0.907 bits per heavy atom. The summed E-state index contributed by atoms with van der Waals surface area (Å²) in [4.78, 5) is 31.6. The van der Waals surface area contributed by atoms with Crippen LogP contribution in [0.4, 0.5) is 41.6 Å². The van der Waals surface area contributed by atoms with E-state index in [4.69, 9.17) is 23.4 Å². The Morgan fingerprint density at radius 3 is 2.09 bits per heavy atom. The number of carbonyl (C=O) groups excluding carboxylic acids is 2. The van der Waals surface area contributed by atoms with Crippen LogP contribution in [0.25, 0.3) is 11.6 Å². The third-order valence-electron chi connectivity index (χ3n) is 8.23. The van der Waals surface area contributed by atoms with Crippen molar-refractivity contribution in [3.63, 3.8) is 0 Å². The summed E-state index contributed by atoms with van der Waals surface area (Å²) in [6, 6.07) is 8.45. The highest BCUT2D eigenvalue weighted by Crippen LogP contribution is 2.48. The lowest BCUT2D eigenvalue weighted by Crippen LogP contribution is -2.45. The molecule has 0 saturated heterocycles. The van der Waals surface area contributed by atoms with Gasteiger partial charge in [0.05, 0.1) is 12.3 Å². The van der Waals surface area contributed by atoms with Gasteiger partial charge in [-0.1, -0.05) is 55.3 Å². The third kappa shape index (κ3) is 9.89. The van der Waals surface area contributed by atoms with Gasteiger partial charge >= 0.3 is 24.5 Å². The third-order valence-corrected chi connectivity index (χ3v) is 8.23. The minimum atomic E-state index is -5.18.